The third kappa shape index (κ3) is 4.28. The highest BCUT2D eigenvalue weighted by molar-refractivity contribution is 8.18. The van der Waals surface area contributed by atoms with Gasteiger partial charge in [-0.25, -0.2) is 0 Å². The molecule has 0 saturated carbocycles. The van der Waals surface area contributed by atoms with E-state index in [1.165, 1.54) is 19.7 Å². The molecule has 1 aliphatic heterocycles. The molecule has 2 amide bonds. The molecular formula is C20H18ClNO4S. The molecule has 1 aliphatic rings. The molecule has 0 aliphatic carbocycles. The van der Waals surface area contributed by atoms with Gasteiger partial charge in [0, 0.05) is 7.05 Å². The molecule has 1 fully saturated rings. The summed E-state index contributed by atoms with van der Waals surface area (Å²) in [5.41, 5.74) is 2.84. The first-order valence-corrected chi connectivity index (χ1v) is 9.36. The molecule has 3 rings (SSSR count). The van der Waals surface area contributed by atoms with E-state index in [0.717, 1.165) is 22.2 Å². The molecule has 140 valence electrons. The Morgan fingerprint density at radius 3 is 2.48 bits per heavy atom. The Balaban J connectivity index is 1.84. The summed E-state index contributed by atoms with van der Waals surface area (Å²) in [5.74, 6) is 0.553. The largest absolute Gasteiger partial charge is 0.493 e. The first-order valence-electron chi connectivity index (χ1n) is 8.16. The zero-order chi connectivity index (χ0) is 19.6. The lowest BCUT2D eigenvalue weighted by atomic mass is 10.1. The van der Waals surface area contributed by atoms with Crippen molar-refractivity contribution in [3.8, 4) is 11.5 Å². The minimum absolute atomic E-state index is 0.303. The number of carbonyl (C=O) groups excluding carboxylic acids is 2. The molecular weight excluding hydrogens is 386 g/mol. The Morgan fingerprint density at radius 1 is 1.19 bits per heavy atom. The lowest BCUT2D eigenvalue weighted by molar-refractivity contribution is -0.121. The topological polar surface area (TPSA) is 55.8 Å². The first kappa shape index (κ1) is 19.3. The number of ether oxygens (including phenoxy) is 2. The number of benzene rings is 2. The van der Waals surface area contributed by atoms with Gasteiger partial charge in [-0.1, -0.05) is 41.4 Å². The molecule has 0 unspecified atom stereocenters. The van der Waals surface area contributed by atoms with Gasteiger partial charge in [-0.3, -0.25) is 14.5 Å². The summed E-state index contributed by atoms with van der Waals surface area (Å²) < 4.78 is 11.3. The van der Waals surface area contributed by atoms with Crippen LogP contribution in [0.3, 0.4) is 0 Å². The minimum atomic E-state index is -0.334. The van der Waals surface area contributed by atoms with E-state index in [0.29, 0.717) is 33.6 Å². The van der Waals surface area contributed by atoms with Crippen molar-refractivity contribution < 1.29 is 19.1 Å². The summed E-state index contributed by atoms with van der Waals surface area (Å²) in [6.45, 7) is 2.38. The predicted octanol–water partition coefficient (Wildman–Crippen LogP) is 4.90. The van der Waals surface area contributed by atoms with Crippen molar-refractivity contribution in [3.63, 3.8) is 0 Å². The van der Waals surface area contributed by atoms with Gasteiger partial charge >= 0.3 is 0 Å². The Hall–Kier alpha value is -2.44. The summed E-state index contributed by atoms with van der Waals surface area (Å²) in [6, 6.07) is 11.4. The number of hydrogen-bond donors (Lipinski definition) is 0. The van der Waals surface area contributed by atoms with Crippen LogP contribution in [0.4, 0.5) is 4.79 Å². The SMILES string of the molecule is COc1cc(/C=C2\SC(=O)N(C)C2=O)cc(Cl)c1OCc1ccc(C)cc1. The third-order valence-corrected chi connectivity index (χ3v) is 5.28. The van der Waals surface area contributed by atoms with Gasteiger partial charge < -0.3 is 9.47 Å². The number of amides is 2. The van der Waals surface area contributed by atoms with E-state index in [2.05, 4.69) is 0 Å². The predicted molar refractivity (Wildman–Crippen MR) is 107 cm³/mol. The van der Waals surface area contributed by atoms with Crippen LogP contribution in [-0.4, -0.2) is 30.2 Å². The molecule has 0 aromatic heterocycles. The maximum Gasteiger partial charge on any atom is 0.293 e. The van der Waals surface area contributed by atoms with Crippen LogP contribution in [0.1, 0.15) is 16.7 Å². The second-order valence-corrected chi connectivity index (χ2v) is 7.45. The molecule has 1 heterocycles. The number of nitrogens with zero attached hydrogens (tertiary/aromatic N) is 1. The van der Waals surface area contributed by atoms with Crippen molar-refractivity contribution >= 4 is 40.6 Å². The van der Waals surface area contributed by atoms with Gasteiger partial charge in [0.2, 0.25) is 0 Å². The highest BCUT2D eigenvalue weighted by atomic mass is 35.5. The average molecular weight is 404 g/mol. The fraction of sp³-hybridized carbons (Fsp3) is 0.200. The molecule has 0 spiro atoms. The zero-order valence-corrected chi connectivity index (χ0v) is 16.7. The van der Waals surface area contributed by atoms with Crippen LogP contribution in [0, 0.1) is 6.92 Å². The van der Waals surface area contributed by atoms with Gasteiger partial charge in [0.15, 0.2) is 11.5 Å². The number of likely N-dealkylation sites (N-methyl/N-ethyl adjacent to an activating group) is 1. The summed E-state index contributed by atoms with van der Waals surface area (Å²) in [4.78, 5) is 25.1. The molecule has 0 N–H and O–H groups in total. The Kier molecular flexibility index (Phi) is 5.77. The second kappa shape index (κ2) is 8.06. The fourth-order valence-electron chi connectivity index (χ4n) is 2.50. The van der Waals surface area contributed by atoms with E-state index in [-0.39, 0.29) is 11.1 Å². The summed E-state index contributed by atoms with van der Waals surface area (Å²) in [6.07, 6.45) is 1.62. The lowest BCUT2D eigenvalue weighted by Crippen LogP contribution is -2.22. The van der Waals surface area contributed by atoms with Crippen LogP contribution in [-0.2, 0) is 11.4 Å². The van der Waals surface area contributed by atoms with E-state index < -0.39 is 0 Å². The van der Waals surface area contributed by atoms with Crippen LogP contribution in [0.2, 0.25) is 5.02 Å². The lowest BCUT2D eigenvalue weighted by Gasteiger charge is -2.13. The number of halogens is 1. The van der Waals surface area contributed by atoms with Gasteiger partial charge in [-0.15, -0.1) is 0 Å². The number of thioether (sulfide) groups is 1. The number of carbonyl (C=O) groups is 2. The van der Waals surface area contributed by atoms with E-state index >= 15 is 0 Å². The standard InChI is InChI=1S/C20H18ClNO4S/c1-12-4-6-13(7-5-12)11-26-18-15(21)8-14(9-16(18)25-3)10-17-19(23)22(2)20(24)27-17/h4-10H,11H2,1-3H3/b17-10-. The maximum absolute atomic E-state index is 12.0. The van der Waals surface area contributed by atoms with Crippen molar-refractivity contribution in [3.05, 3.63) is 63.0 Å². The van der Waals surface area contributed by atoms with Crippen molar-refractivity contribution in [1.82, 2.24) is 4.90 Å². The number of aryl methyl sites for hydroxylation is 1. The van der Waals surface area contributed by atoms with Crippen LogP contribution in [0.15, 0.2) is 41.3 Å². The molecule has 1 saturated heterocycles. The smallest absolute Gasteiger partial charge is 0.293 e. The Bertz CT molecular complexity index is 924. The van der Waals surface area contributed by atoms with Crippen molar-refractivity contribution in [2.45, 2.75) is 13.5 Å². The Morgan fingerprint density at radius 2 is 1.89 bits per heavy atom. The van der Waals surface area contributed by atoms with Crippen molar-refractivity contribution in [2.75, 3.05) is 14.2 Å². The maximum atomic E-state index is 12.0. The van der Waals surface area contributed by atoms with Crippen LogP contribution in [0.25, 0.3) is 6.08 Å². The van der Waals surface area contributed by atoms with E-state index in [1.54, 1.807) is 18.2 Å². The van der Waals surface area contributed by atoms with E-state index in [1.807, 2.05) is 31.2 Å². The van der Waals surface area contributed by atoms with Crippen LogP contribution >= 0.6 is 23.4 Å². The van der Waals surface area contributed by atoms with Crippen molar-refractivity contribution in [2.24, 2.45) is 0 Å². The normalized spacial score (nSPS) is 15.6. The van der Waals surface area contributed by atoms with Gasteiger partial charge in [-0.2, -0.15) is 0 Å². The van der Waals surface area contributed by atoms with Gasteiger partial charge in [0.1, 0.15) is 6.61 Å². The summed E-state index contributed by atoms with van der Waals surface area (Å²) in [5, 5.41) is 0.0609. The van der Waals surface area contributed by atoms with Crippen LogP contribution in [0.5, 0.6) is 11.5 Å². The highest BCUT2D eigenvalue weighted by Gasteiger charge is 2.31. The average Bonchev–Trinajstić information content (AvgIpc) is 2.88. The van der Waals surface area contributed by atoms with Crippen molar-refractivity contribution in [1.29, 1.82) is 0 Å². The number of hydrogen-bond acceptors (Lipinski definition) is 5. The van der Waals surface area contributed by atoms with E-state index in [9.17, 15) is 9.59 Å². The molecule has 2 aromatic rings. The van der Waals surface area contributed by atoms with E-state index in [4.69, 9.17) is 21.1 Å². The fourth-order valence-corrected chi connectivity index (χ4v) is 3.60. The number of imide groups is 1. The first-order chi connectivity index (χ1) is 12.9. The number of methoxy groups -OCH3 is 1. The highest BCUT2D eigenvalue weighted by Crippen LogP contribution is 2.39. The third-order valence-electron chi connectivity index (χ3n) is 4.04. The zero-order valence-electron chi connectivity index (χ0n) is 15.1. The molecule has 0 bridgehead atoms. The van der Waals surface area contributed by atoms with Gasteiger partial charge in [0.05, 0.1) is 17.0 Å². The number of rotatable bonds is 5. The minimum Gasteiger partial charge on any atom is -0.493 e. The van der Waals surface area contributed by atoms with Gasteiger partial charge in [-0.05, 0) is 48.0 Å². The quantitative estimate of drug-likeness (QED) is 0.664. The molecule has 0 atom stereocenters. The van der Waals surface area contributed by atoms with Gasteiger partial charge in [0.25, 0.3) is 11.1 Å². The summed E-state index contributed by atoms with van der Waals surface area (Å²) in [7, 11) is 2.97. The molecule has 2 aromatic carbocycles. The molecule has 0 radical (unpaired) electrons. The molecule has 27 heavy (non-hydrogen) atoms. The Labute approximate surface area is 166 Å². The molecule has 7 heteroatoms. The second-order valence-electron chi connectivity index (χ2n) is 6.05. The molecule has 5 nitrogen and oxygen atoms in total. The summed E-state index contributed by atoms with van der Waals surface area (Å²) >= 11 is 7.27. The monoisotopic (exact) mass is 403 g/mol. The van der Waals surface area contributed by atoms with Crippen LogP contribution < -0.4 is 9.47 Å².